The molecule has 0 rings (SSSR count). The summed E-state index contributed by atoms with van der Waals surface area (Å²) in [7, 11) is -4.37. The van der Waals surface area contributed by atoms with Gasteiger partial charge in [0.25, 0.3) is 10.1 Å². The highest BCUT2D eigenvalue weighted by molar-refractivity contribution is 7.85. The summed E-state index contributed by atoms with van der Waals surface area (Å²) >= 11 is 0. The van der Waals surface area contributed by atoms with Crippen LogP contribution in [0.4, 0.5) is 0 Å². The number of rotatable bonds is 40. The first-order valence-corrected chi connectivity index (χ1v) is 24.4. The smallest absolute Gasteiger partial charge is 0.267 e. The van der Waals surface area contributed by atoms with Gasteiger partial charge >= 0.3 is 0 Å². The molecule has 0 radical (unpaired) electrons. The van der Waals surface area contributed by atoms with Crippen molar-refractivity contribution >= 4 is 16.0 Å². The molecule has 7 heteroatoms. The maximum absolute atomic E-state index is 12.6. The summed E-state index contributed by atoms with van der Waals surface area (Å²) in [6, 6.07) is -1.09. The molecule has 2 unspecified atom stereocenters. The van der Waals surface area contributed by atoms with E-state index in [1.165, 1.54) is 102 Å². The van der Waals surface area contributed by atoms with E-state index in [1.807, 2.05) is 0 Å². The Morgan fingerprint density at radius 2 is 0.875 bits per heavy atom. The molecule has 0 bridgehead atoms. The van der Waals surface area contributed by atoms with Gasteiger partial charge in [0.05, 0.1) is 17.9 Å². The van der Waals surface area contributed by atoms with E-state index < -0.39 is 28.0 Å². The Bertz CT molecular complexity index is 1200. The lowest BCUT2D eigenvalue weighted by Gasteiger charge is -2.21. The summed E-state index contributed by atoms with van der Waals surface area (Å²) in [5, 5.41) is 13.2. The van der Waals surface area contributed by atoms with Crippen molar-refractivity contribution in [2.75, 3.05) is 5.75 Å². The van der Waals surface area contributed by atoms with E-state index in [2.05, 4.69) is 92.1 Å². The van der Waals surface area contributed by atoms with Crippen molar-refractivity contribution in [1.29, 1.82) is 0 Å². The number of aliphatic hydroxyl groups excluding tert-OH is 1. The summed E-state index contributed by atoms with van der Waals surface area (Å²) < 4.78 is 32.6. The molecule has 0 aromatic heterocycles. The van der Waals surface area contributed by atoms with Gasteiger partial charge in [-0.2, -0.15) is 8.42 Å². The second-order valence-electron chi connectivity index (χ2n) is 15.3. The zero-order chi connectivity index (χ0) is 41.1. The van der Waals surface area contributed by atoms with Gasteiger partial charge in [-0.25, -0.2) is 0 Å². The molecule has 0 aliphatic carbocycles. The zero-order valence-electron chi connectivity index (χ0n) is 36.0. The van der Waals surface area contributed by atoms with E-state index in [0.29, 0.717) is 12.8 Å². The summed E-state index contributed by atoms with van der Waals surface area (Å²) in [5.74, 6) is -1.03. The fourth-order valence-electron chi connectivity index (χ4n) is 6.41. The highest BCUT2D eigenvalue weighted by atomic mass is 32.2. The lowest BCUT2D eigenvalue weighted by Crippen LogP contribution is -2.46. The molecule has 0 saturated heterocycles. The molecule has 322 valence electrons. The first-order valence-electron chi connectivity index (χ1n) is 22.8. The van der Waals surface area contributed by atoms with Crippen molar-refractivity contribution in [1.82, 2.24) is 5.32 Å². The third-order valence-corrected chi connectivity index (χ3v) is 10.6. The third-order valence-electron chi connectivity index (χ3n) is 9.78. The van der Waals surface area contributed by atoms with Crippen LogP contribution in [-0.2, 0) is 14.9 Å². The van der Waals surface area contributed by atoms with Crippen molar-refractivity contribution < 1.29 is 22.9 Å². The highest BCUT2D eigenvalue weighted by Crippen LogP contribution is 2.13. The predicted molar refractivity (Wildman–Crippen MR) is 244 cm³/mol. The third kappa shape index (κ3) is 42.7. The maximum Gasteiger partial charge on any atom is 0.267 e. The van der Waals surface area contributed by atoms with Crippen molar-refractivity contribution in [2.45, 2.75) is 212 Å². The molecule has 1 amide bonds. The maximum atomic E-state index is 12.6. The Labute approximate surface area is 346 Å². The number of aliphatic hydroxyl groups is 1. The lowest BCUT2D eigenvalue weighted by molar-refractivity contribution is -0.122. The first kappa shape index (κ1) is 53.5. The van der Waals surface area contributed by atoms with Gasteiger partial charge in [0.1, 0.15) is 0 Å². The van der Waals surface area contributed by atoms with Crippen molar-refractivity contribution in [2.24, 2.45) is 0 Å². The number of carbonyl (C=O) groups is 1. The largest absolute Gasteiger partial charge is 0.387 e. The van der Waals surface area contributed by atoms with Gasteiger partial charge in [0.15, 0.2) is 0 Å². The number of hydrogen-bond acceptors (Lipinski definition) is 4. The van der Waals surface area contributed by atoms with E-state index in [1.54, 1.807) is 6.08 Å². The van der Waals surface area contributed by atoms with Gasteiger partial charge in [0.2, 0.25) is 5.91 Å². The predicted octanol–water partition coefficient (Wildman–Crippen LogP) is 14.0. The molecule has 6 nitrogen and oxygen atoms in total. The highest BCUT2D eigenvalue weighted by Gasteiger charge is 2.24. The Morgan fingerprint density at radius 3 is 1.34 bits per heavy atom. The molecule has 3 N–H and O–H groups in total. The molecule has 0 aliphatic heterocycles. The monoisotopic (exact) mass is 800 g/mol. The molecule has 0 aliphatic rings. The van der Waals surface area contributed by atoms with Crippen LogP contribution in [0.5, 0.6) is 0 Å². The van der Waals surface area contributed by atoms with Crippen LogP contribution in [0, 0.1) is 0 Å². The molecule has 0 aromatic rings. The minimum absolute atomic E-state index is 0.270. The van der Waals surface area contributed by atoms with Gasteiger partial charge in [-0.3, -0.25) is 9.35 Å². The molecule has 0 fully saturated rings. The van der Waals surface area contributed by atoms with Crippen molar-refractivity contribution in [3.63, 3.8) is 0 Å². The van der Waals surface area contributed by atoms with Gasteiger partial charge in [-0.15, -0.1) is 0 Å². The number of carbonyl (C=O) groups excluding carboxylic acids is 1. The fourth-order valence-corrected chi connectivity index (χ4v) is 7.15. The van der Waals surface area contributed by atoms with Crippen LogP contribution in [0.15, 0.2) is 85.1 Å². The minimum Gasteiger partial charge on any atom is -0.387 e. The summed E-state index contributed by atoms with van der Waals surface area (Å²) in [6.45, 7) is 4.42. The lowest BCUT2D eigenvalue weighted by atomic mass is 10.1. The second-order valence-corrected chi connectivity index (χ2v) is 16.8. The van der Waals surface area contributed by atoms with Crippen LogP contribution in [0.2, 0.25) is 0 Å². The van der Waals surface area contributed by atoms with E-state index in [9.17, 15) is 22.9 Å². The molecule has 2 atom stereocenters. The Morgan fingerprint density at radius 1 is 0.500 bits per heavy atom. The molecule has 56 heavy (non-hydrogen) atoms. The summed E-state index contributed by atoms with van der Waals surface area (Å²) in [5.41, 5.74) is 0. The Hall–Kier alpha value is -2.48. The summed E-state index contributed by atoms with van der Waals surface area (Å²) in [4.78, 5) is 12.6. The minimum atomic E-state index is -4.37. The van der Waals surface area contributed by atoms with Crippen LogP contribution in [0.3, 0.4) is 0 Å². The van der Waals surface area contributed by atoms with Crippen LogP contribution >= 0.6 is 0 Å². The van der Waals surface area contributed by atoms with Gasteiger partial charge in [-0.05, 0) is 83.5 Å². The van der Waals surface area contributed by atoms with Crippen LogP contribution in [0.1, 0.15) is 200 Å². The Kier molecular flexibility index (Phi) is 40.3. The van der Waals surface area contributed by atoms with Gasteiger partial charge < -0.3 is 10.4 Å². The van der Waals surface area contributed by atoms with Gasteiger partial charge in [0, 0.05) is 6.42 Å². The number of nitrogens with one attached hydrogen (secondary N) is 1. The summed E-state index contributed by atoms with van der Waals surface area (Å²) in [6.07, 6.45) is 61.4. The molecule has 0 saturated carbocycles. The number of hydrogen-bond donors (Lipinski definition) is 3. The number of allylic oxidation sites excluding steroid dienone is 13. The van der Waals surface area contributed by atoms with Crippen molar-refractivity contribution in [3.05, 3.63) is 85.1 Å². The Balaban J connectivity index is 3.98. The SMILES string of the molecule is CC/C=C\C/C=C\C/C=C\C/C=C\CCCCCCCCCCC(=O)NC(CS(=O)(=O)O)C(O)/C=C/CC/C=C/CC/C=C/CCCCCCCCCCCC. The van der Waals surface area contributed by atoms with E-state index >= 15 is 0 Å². The first-order chi connectivity index (χ1) is 27.3. The standard InChI is InChI=1S/C49H85NO5S/c1-3-5-7-9-11-13-15-17-19-21-23-25-27-29-31-33-35-37-39-41-43-45-49(52)50-47(46-56(53,54)55)48(51)44-42-40-38-36-34-32-30-28-26-24-22-20-18-16-14-12-10-8-6-4-2/h5,7,11,13,17,19,23,25-26,28,34,36,42,44,47-48,51H,3-4,6,8-10,12,14-16,18,20-22,24,27,29-33,35,37-41,43,45-46H2,1-2H3,(H,50,52)(H,53,54,55)/b7-5-,13-11-,19-17-,25-23-,28-26+,36-34+,44-42+. The van der Waals surface area contributed by atoms with Crippen LogP contribution in [-0.4, -0.2) is 41.9 Å². The fraction of sp³-hybridized carbons (Fsp3) is 0.694. The quantitative estimate of drug-likeness (QED) is 0.0325. The number of amides is 1. The van der Waals surface area contributed by atoms with E-state index in [4.69, 9.17) is 0 Å². The van der Waals surface area contributed by atoms with Crippen LogP contribution < -0.4 is 5.32 Å². The van der Waals surface area contributed by atoms with Crippen molar-refractivity contribution in [3.8, 4) is 0 Å². The normalized spacial score (nSPS) is 14.0. The van der Waals surface area contributed by atoms with Crippen LogP contribution in [0.25, 0.3) is 0 Å². The zero-order valence-corrected chi connectivity index (χ0v) is 36.8. The average Bonchev–Trinajstić information content (AvgIpc) is 3.16. The molecule has 0 heterocycles. The van der Waals surface area contributed by atoms with E-state index in [0.717, 1.165) is 70.6 Å². The van der Waals surface area contributed by atoms with Gasteiger partial charge in [-0.1, -0.05) is 195 Å². The average molecular weight is 800 g/mol. The molecular weight excluding hydrogens is 715 g/mol. The van der Waals surface area contributed by atoms with E-state index in [-0.39, 0.29) is 12.3 Å². The molecular formula is C49H85NO5S. The topological polar surface area (TPSA) is 104 Å². The number of unbranched alkanes of at least 4 members (excludes halogenated alkanes) is 20. The molecule has 0 spiro atoms. The second kappa shape index (κ2) is 42.1. The molecule has 0 aromatic carbocycles.